The summed E-state index contributed by atoms with van der Waals surface area (Å²) < 4.78 is 19.4. The fraction of sp³-hybridized carbons (Fsp3) is 0.294. The predicted molar refractivity (Wildman–Crippen MR) is 87.5 cm³/mol. The highest BCUT2D eigenvalue weighted by molar-refractivity contribution is 9.10. The maximum Gasteiger partial charge on any atom is 0.124 e. The summed E-state index contributed by atoms with van der Waals surface area (Å²) >= 11 is 3.45. The zero-order chi connectivity index (χ0) is 15.6. The van der Waals surface area contributed by atoms with Crippen LogP contribution < -0.4 is 10.1 Å². The van der Waals surface area contributed by atoms with E-state index < -0.39 is 0 Å². The summed E-state index contributed by atoms with van der Waals surface area (Å²) in [5.74, 6) is 0.661. The fourth-order valence-electron chi connectivity index (χ4n) is 2.71. The van der Waals surface area contributed by atoms with Gasteiger partial charge in [0.2, 0.25) is 0 Å². The Hall–Kier alpha value is -1.39. The average molecular weight is 352 g/mol. The summed E-state index contributed by atoms with van der Waals surface area (Å²) in [5, 5.41) is 3.29. The molecular weight excluding hydrogens is 333 g/mol. The van der Waals surface area contributed by atoms with Gasteiger partial charge >= 0.3 is 0 Å². The Labute approximate surface area is 133 Å². The molecular formula is C17H19BrFNO. The molecule has 112 valence electrons. The van der Waals surface area contributed by atoms with Crippen LogP contribution in [-0.4, -0.2) is 14.2 Å². The van der Waals surface area contributed by atoms with Crippen molar-refractivity contribution < 1.29 is 9.13 Å². The molecule has 0 aliphatic heterocycles. The van der Waals surface area contributed by atoms with E-state index in [1.807, 2.05) is 20.9 Å². The second kappa shape index (κ2) is 6.58. The van der Waals surface area contributed by atoms with E-state index in [-0.39, 0.29) is 11.9 Å². The SMILES string of the molecule is CNC(c1cc(C)c(OC)c(C)c1)c1ccc(F)cc1Br. The van der Waals surface area contributed by atoms with Crippen LogP contribution in [-0.2, 0) is 0 Å². The number of hydrogen-bond donors (Lipinski definition) is 1. The van der Waals surface area contributed by atoms with Crippen LogP contribution in [0, 0.1) is 19.7 Å². The van der Waals surface area contributed by atoms with Crippen LogP contribution in [0.15, 0.2) is 34.8 Å². The van der Waals surface area contributed by atoms with Gasteiger partial charge in [0.25, 0.3) is 0 Å². The van der Waals surface area contributed by atoms with Crippen molar-refractivity contribution in [2.24, 2.45) is 0 Å². The van der Waals surface area contributed by atoms with Crippen molar-refractivity contribution in [1.29, 1.82) is 0 Å². The average Bonchev–Trinajstić information content (AvgIpc) is 2.41. The molecule has 2 aromatic carbocycles. The molecule has 0 fully saturated rings. The van der Waals surface area contributed by atoms with Gasteiger partial charge < -0.3 is 10.1 Å². The van der Waals surface area contributed by atoms with Gasteiger partial charge in [-0.15, -0.1) is 0 Å². The van der Waals surface area contributed by atoms with Crippen molar-refractivity contribution in [1.82, 2.24) is 5.32 Å². The molecule has 0 bridgehead atoms. The van der Waals surface area contributed by atoms with Crippen LogP contribution in [0.4, 0.5) is 4.39 Å². The maximum absolute atomic E-state index is 13.3. The zero-order valence-corrected chi connectivity index (χ0v) is 14.2. The number of ether oxygens (including phenoxy) is 1. The van der Waals surface area contributed by atoms with Crippen LogP contribution in [0.5, 0.6) is 5.75 Å². The van der Waals surface area contributed by atoms with Crippen molar-refractivity contribution in [2.75, 3.05) is 14.2 Å². The number of aryl methyl sites for hydroxylation is 2. The number of rotatable bonds is 4. The first kappa shape index (κ1) is 16.0. The Bertz CT molecular complexity index is 634. The normalized spacial score (nSPS) is 12.3. The first-order chi connectivity index (χ1) is 9.97. The van der Waals surface area contributed by atoms with Gasteiger partial charge in [0.15, 0.2) is 0 Å². The standard InChI is InChI=1S/C17H19BrFNO/c1-10-7-12(8-11(2)17(10)21-4)16(20-3)14-6-5-13(19)9-15(14)18/h5-9,16,20H,1-4H3. The molecule has 1 N–H and O–H groups in total. The maximum atomic E-state index is 13.3. The van der Waals surface area contributed by atoms with Gasteiger partial charge in [-0.1, -0.05) is 34.1 Å². The summed E-state index contributed by atoms with van der Waals surface area (Å²) in [7, 11) is 3.58. The predicted octanol–water partition coefficient (Wildman–Crippen LogP) is 4.52. The third-order valence-corrected chi connectivity index (χ3v) is 4.27. The molecule has 2 aromatic rings. The first-order valence-electron chi connectivity index (χ1n) is 6.75. The number of halogens is 2. The van der Waals surface area contributed by atoms with E-state index in [9.17, 15) is 4.39 Å². The van der Waals surface area contributed by atoms with E-state index in [1.165, 1.54) is 12.1 Å². The molecule has 0 heterocycles. The lowest BCUT2D eigenvalue weighted by Gasteiger charge is -2.21. The monoisotopic (exact) mass is 351 g/mol. The number of methoxy groups -OCH3 is 1. The summed E-state index contributed by atoms with van der Waals surface area (Å²) in [6, 6.07) is 8.96. The summed E-state index contributed by atoms with van der Waals surface area (Å²) in [5.41, 5.74) is 4.31. The van der Waals surface area contributed by atoms with Gasteiger partial charge in [-0.3, -0.25) is 0 Å². The Kier molecular flexibility index (Phi) is 5.01. The third-order valence-electron chi connectivity index (χ3n) is 3.58. The quantitative estimate of drug-likeness (QED) is 0.873. The highest BCUT2D eigenvalue weighted by Crippen LogP contribution is 2.33. The lowest BCUT2D eigenvalue weighted by Crippen LogP contribution is -2.18. The van der Waals surface area contributed by atoms with Crippen LogP contribution in [0.3, 0.4) is 0 Å². The van der Waals surface area contributed by atoms with E-state index in [0.717, 1.165) is 32.5 Å². The van der Waals surface area contributed by atoms with Crippen LogP contribution in [0.1, 0.15) is 28.3 Å². The molecule has 0 spiro atoms. The van der Waals surface area contributed by atoms with Gasteiger partial charge in [-0.25, -0.2) is 4.39 Å². The van der Waals surface area contributed by atoms with Gasteiger partial charge in [-0.05, 0) is 55.3 Å². The van der Waals surface area contributed by atoms with Gasteiger partial charge in [0.05, 0.1) is 13.2 Å². The molecule has 2 nitrogen and oxygen atoms in total. The lowest BCUT2D eigenvalue weighted by molar-refractivity contribution is 0.408. The topological polar surface area (TPSA) is 21.3 Å². The summed E-state index contributed by atoms with van der Waals surface area (Å²) in [6.45, 7) is 4.06. The summed E-state index contributed by atoms with van der Waals surface area (Å²) in [6.07, 6.45) is 0. The molecule has 0 aliphatic rings. The van der Waals surface area contributed by atoms with Crippen LogP contribution in [0.25, 0.3) is 0 Å². The van der Waals surface area contributed by atoms with Gasteiger partial charge in [0.1, 0.15) is 11.6 Å². The molecule has 1 unspecified atom stereocenters. The second-order valence-corrected chi connectivity index (χ2v) is 5.93. The number of nitrogens with one attached hydrogen (secondary N) is 1. The molecule has 0 amide bonds. The van der Waals surface area contributed by atoms with Crippen molar-refractivity contribution >= 4 is 15.9 Å². The molecule has 0 saturated heterocycles. The van der Waals surface area contributed by atoms with Gasteiger partial charge in [-0.2, -0.15) is 0 Å². The van der Waals surface area contributed by atoms with Crippen LogP contribution in [0.2, 0.25) is 0 Å². The van der Waals surface area contributed by atoms with Crippen molar-refractivity contribution in [2.45, 2.75) is 19.9 Å². The van der Waals surface area contributed by atoms with E-state index in [4.69, 9.17) is 4.74 Å². The Morgan fingerprint density at radius 1 is 1.14 bits per heavy atom. The van der Waals surface area contributed by atoms with Crippen molar-refractivity contribution in [3.63, 3.8) is 0 Å². The molecule has 2 rings (SSSR count). The minimum atomic E-state index is -0.248. The largest absolute Gasteiger partial charge is 0.496 e. The lowest BCUT2D eigenvalue weighted by atomic mass is 9.95. The second-order valence-electron chi connectivity index (χ2n) is 5.08. The van der Waals surface area contributed by atoms with Gasteiger partial charge in [0, 0.05) is 4.47 Å². The van der Waals surface area contributed by atoms with E-state index in [2.05, 4.69) is 33.4 Å². The molecule has 21 heavy (non-hydrogen) atoms. The van der Waals surface area contributed by atoms with Crippen molar-refractivity contribution in [3.8, 4) is 5.75 Å². The van der Waals surface area contributed by atoms with E-state index >= 15 is 0 Å². The van der Waals surface area contributed by atoms with E-state index in [0.29, 0.717) is 0 Å². The number of benzene rings is 2. The molecule has 0 aliphatic carbocycles. The Morgan fingerprint density at radius 2 is 1.76 bits per heavy atom. The molecule has 4 heteroatoms. The minimum absolute atomic E-state index is 0.0109. The highest BCUT2D eigenvalue weighted by atomic mass is 79.9. The minimum Gasteiger partial charge on any atom is -0.496 e. The highest BCUT2D eigenvalue weighted by Gasteiger charge is 2.17. The number of hydrogen-bond acceptors (Lipinski definition) is 2. The van der Waals surface area contributed by atoms with Crippen LogP contribution >= 0.6 is 15.9 Å². The Balaban J connectivity index is 2.51. The third kappa shape index (κ3) is 3.27. The van der Waals surface area contributed by atoms with E-state index in [1.54, 1.807) is 13.2 Å². The molecule has 0 saturated carbocycles. The smallest absolute Gasteiger partial charge is 0.124 e. The molecule has 0 radical (unpaired) electrons. The fourth-order valence-corrected chi connectivity index (χ4v) is 3.29. The molecule has 1 atom stereocenters. The van der Waals surface area contributed by atoms with Crippen molar-refractivity contribution in [3.05, 3.63) is 62.9 Å². The summed E-state index contributed by atoms with van der Waals surface area (Å²) in [4.78, 5) is 0. The first-order valence-corrected chi connectivity index (χ1v) is 7.54. The zero-order valence-electron chi connectivity index (χ0n) is 12.6. The Morgan fingerprint density at radius 3 is 2.24 bits per heavy atom. The molecule has 0 aromatic heterocycles.